The van der Waals surface area contributed by atoms with Crippen molar-refractivity contribution in [3.63, 3.8) is 0 Å². The summed E-state index contributed by atoms with van der Waals surface area (Å²) >= 11 is 1.31. The van der Waals surface area contributed by atoms with Gasteiger partial charge in [0.05, 0.1) is 10.8 Å². The summed E-state index contributed by atoms with van der Waals surface area (Å²) in [5, 5.41) is 0.626. The summed E-state index contributed by atoms with van der Waals surface area (Å²) < 4.78 is 25.2. The summed E-state index contributed by atoms with van der Waals surface area (Å²) in [4.78, 5) is 18.8. The molecular weight excluding hydrogens is 370 g/mol. The monoisotopic (exact) mass is 391 g/mol. The summed E-state index contributed by atoms with van der Waals surface area (Å²) in [6.45, 7) is 0.726. The van der Waals surface area contributed by atoms with Crippen molar-refractivity contribution in [1.29, 1.82) is 0 Å². The lowest BCUT2D eigenvalue weighted by molar-refractivity contribution is -0.116. The third-order valence-corrected chi connectivity index (χ3v) is 6.97. The normalized spacial score (nSPS) is 14.3. The number of carbonyl (C=O) groups excluding carboxylic acids is 1. The maximum absolute atomic E-state index is 12.6. The van der Waals surface area contributed by atoms with Gasteiger partial charge in [-0.1, -0.05) is 30.0 Å². The van der Waals surface area contributed by atoms with E-state index in [0.29, 0.717) is 5.03 Å². The Morgan fingerprint density at radius 3 is 2.69 bits per heavy atom. The van der Waals surface area contributed by atoms with Crippen LogP contribution in [0.2, 0.25) is 0 Å². The second kappa shape index (κ2) is 7.77. The van der Waals surface area contributed by atoms with Gasteiger partial charge in [0.15, 0.2) is 0 Å². The van der Waals surface area contributed by atoms with E-state index in [4.69, 9.17) is 0 Å². The zero-order valence-corrected chi connectivity index (χ0v) is 16.4. The number of aromatic nitrogens is 1. The second-order valence-electron chi connectivity index (χ2n) is 6.19. The van der Waals surface area contributed by atoms with Gasteiger partial charge in [-0.2, -0.15) is 0 Å². The average Bonchev–Trinajstić information content (AvgIpc) is 2.66. The Morgan fingerprint density at radius 2 is 2.00 bits per heavy atom. The molecule has 1 aromatic heterocycles. The highest BCUT2D eigenvalue weighted by molar-refractivity contribution is 7.99. The van der Waals surface area contributed by atoms with Gasteiger partial charge in [-0.3, -0.25) is 4.79 Å². The fourth-order valence-electron chi connectivity index (χ4n) is 2.82. The molecule has 138 valence electrons. The first-order valence-electron chi connectivity index (χ1n) is 8.29. The van der Waals surface area contributed by atoms with Crippen molar-refractivity contribution < 1.29 is 13.2 Å². The molecule has 0 bridgehead atoms. The first-order chi connectivity index (χ1) is 12.4. The number of pyridine rings is 1. The lowest BCUT2D eigenvalue weighted by atomic mass is 10.0. The van der Waals surface area contributed by atoms with Crippen LogP contribution in [0.4, 0.5) is 5.69 Å². The summed E-state index contributed by atoms with van der Waals surface area (Å²) in [5.74, 6) is 0.301. The number of para-hydroxylation sites is 1. The van der Waals surface area contributed by atoms with E-state index in [0.717, 1.165) is 29.4 Å². The van der Waals surface area contributed by atoms with Crippen molar-refractivity contribution in [2.24, 2.45) is 0 Å². The van der Waals surface area contributed by atoms with Crippen LogP contribution in [0.5, 0.6) is 0 Å². The number of anilines is 1. The Kier molecular flexibility index (Phi) is 5.64. The lowest BCUT2D eigenvalue weighted by Gasteiger charge is -2.29. The Labute approximate surface area is 158 Å². The molecule has 26 heavy (non-hydrogen) atoms. The minimum absolute atomic E-state index is 0.0361. The molecule has 6 nitrogen and oxygen atoms in total. The molecule has 2 heterocycles. The van der Waals surface area contributed by atoms with Gasteiger partial charge in [-0.15, -0.1) is 0 Å². The number of rotatable bonds is 5. The standard InChI is InChI=1S/C18H21N3O3S2/c1-20(2)26(23,24)15-9-10-17(19-12-15)25-13-18(22)21-11-5-7-14-6-3-4-8-16(14)21/h3-4,6,8-10,12H,5,7,11,13H2,1-2H3. The predicted molar refractivity (Wildman–Crippen MR) is 103 cm³/mol. The van der Waals surface area contributed by atoms with Crippen LogP contribution >= 0.6 is 11.8 Å². The molecule has 1 aliphatic rings. The van der Waals surface area contributed by atoms with E-state index in [1.165, 1.54) is 43.7 Å². The first-order valence-corrected chi connectivity index (χ1v) is 10.7. The van der Waals surface area contributed by atoms with Crippen molar-refractivity contribution in [2.75, 3.05) is 31.3 Å². The molecule has 0 fully saturated rings. The molecule has 1 aromatic carbocycles. The van der Waals surface area contributed by atoms with Gasteiger partial charge in [0.1, 0.15) is 4.90 Å². The van der Waals surface area contributed by atoms with Gasteiger partial charge in [0.2, 0.25) is 15.9 Å². The third-order valence-electron chi connectivity index (χ3n) is 4.24. The minimum Gasteiger partial charge on any atom is -0.311 e. The highest BCUT2D eigenvalue weighted by Crippen LogP contribution is 2.28. The number of aryl methyl sites for hydroxylation is 1. The molecule has 1 aliphatic heterocycles. The summed E-state index contributed by atoms with van der Waals surface area (Å²) in [5.41, 5.74) is 2.19. The molecule has 1 amide bonds. The van der Waals surface area contributed by atoms with E-state index in [-0.39, 0.29) is 16.6 Å². The maximum Gasteiger partial charge on any atom is 0.244 e. The fourth-order valence-corrected chi connectivity index (χ4v) is 4.39. The number of benzene rings is 1. The van der Waals surface area contributed by atoms with Crippen molar-refractivity contribution >= 4 is 33.4 Å². The van der Waals surface area contributed by atoms with Gasteiger partial charge >= 0.3 is 0 Å². The lowest BCUT2D eigenvalue weighted by Crippen LogP contribution is -2.36. The number of fused-ring (bicyclic) bond motifs is 1. The average molecular weight is 392 g/mol. The molecule has 8 heteroatoms. The maximum atomic E-state index is 12.6. The van der Waals surface area contributed by atoms with Crippen molar-refractivity contribution in [3.05, 3.63) is 48.2 Å². The summed E-state index contributed by atoms with van der Waals surface area (Å²) in [6.07, 6.45) is 3.29. The van der Waals surface area contributed by atoms with Crippen LogP contribution in [0, 0.1) is 0 Å². The van der Waals surface area contributed by atoms with Gasteiger partial charge in [-0.25, -0.2) is 17.7 Å². The van der Waals surface area contributed by atoms with E-state index in [1.807, 2.05) is 23.1 Å². The Bertz CT molecular complexity index is 896. The number of amides is 1. The molecule has 3 rings (SSSR count). The molecule has 0 saturated heterocycles. The molecule has 0 radical (unpaired) electrons. The second-order valence-corrected chi connectivity index (χ2v) is 9.33. The third kappa shape index (κ3) is 3.92. The van der Waals surface area contributed by atoms with E-state index in [9.17, 15) is 13.2 Å². The molecule has 0 atom stereocenters. The van der Waals surface area contributed by atoms with E-state index in [1.54, 1.807) is 6.07 Å². The zero-order chi connectivity index (χ0) is 18.7. The van der Waals surface area contributed by atoms with Crippen LogP contribution in [0.3, 0.4) is 0 Å². The SMILES string of the molecule is CN(C)S(=O)(=O)c1ccc(SCC(=O)N2CCCc3ccccc32)nc1. The summed E-state index contributed by atoms with van der Waals surface area (Å²) in [6, 6.07) is 11.1. The van der Waals surface area contributed by atoms with Gasteiger partial charge in [0.25, 0.3) is 0 Å². The number of hydrogen-bond donors (Lipinski definition) is 0. The zero-order valence-electron chi connectivity index (χ0n) is 14.8. The molecular formula is C18H21N3O3S2. The smallest absolute Gasteiger partial charge is 0.244 e. The molecule has 0 N–H and O–H groups in total. The van der Waals surface area contributed by atoms with Crippen LogP contribution in [0.1, 0.15) is 12.0 Å². The molecule has 0 aliphatic carbocycles. The highest BCUT2D eigenvalue weighted by atomic mass is 32.2. The Hall–Kier alpha value is -1.90. The number of thioether (sulfide) groups is 1. The van der Waals surface area contributed by atoms with Crippen LogP contribution in [-0.2, 0) is 21.2 Å². The van der Waals surface area contributed by atoms with Crippen molar-refractivity contribution in [1.82, 2.24) is 9.29 Å². The Morgan fingerprint density at radius 1 is 1.23 bits per heavy atom. The molecule has 0 saturated carbocycles. The predicted octanol–water partition coefficient (Wildman–Crippen LogP) is 2.40. The first kappa shape index (κ1) is 18.9. The number of hydrogen-bond acceptors (Lipinski definition) is 5. The van der Waals surface area contributed by atoms with Gasteiger partial charge in [0, 0.05) is 32.5 Å². The molecule has 0 spiro atoms. The fraction of sp³-hybridized carbons (Fsp3) is 0.333. The number of nitrogens with zero attached hydrogens (tertiary/aromatic N) is 3. The topological polar surface area (TPSA) is 70.6 Å². The number of sulfonamides is 1. The Balaban J connectivity index is 1.66. The number of carbonyl (C=O) groups is 1. The largest absolute Gasteiger partial charge is 0.311 e. The summed E-state index contributed by atoms with van der Waals surface area (Å²) in [7, 11) is -0.531. The van der Waals surface area contributed by atoms with Gasteiger partial charge < -0.3 is 4.90 Å². The van der Waals surface area contributed by atoms with E-state index < -0.39 is 10.0 Å². The highest BCUT2D eigenvalue weighted by Gasteiger charge is 2.22. The molecule has 2 aromatic rings. The van der Waals surface area contributed by atoms with Crippen LogP contribution < -0.4 is 4.90 Å². The van der Waals surface area contributed by atoms with E-state index >= 15 is 0 Å². The van der Waals surface area contributed by atoms with Crippen LogP contribution in [-0.4, -0.2) is 50.0 Å². The van der Waals surface area contributed by atoms with Crippen LogP contribution in [0.25, 0.3) is 0 Å². The minimum atomic E-state index is -3.49. The molecule has 0 unspecified atom stereocenters. The van der Waals surface area contributed by atoms with Crippen LogP contribution in [0.15, 0.2) is 52.5 Å². The quantitative estimate of drug-likeness (QED) is 0.732. The van der Waals surface area contributed by atoms with Gasteiger partial charge in [-0.05, 0) is 36.6 Å². The van der Waals surface area contributed by atoms with Crippen molar-refractivity contribution in [2.45, 2.75) is 22.8 Å². The van der Waals surface area contributed by atoms with Crippen molar-refractivity contribution in [3.8, 4) is 0 Å². The van der Waals surface area contributed by atoms with E-state index in [2.05, 4.69) is 11.1 Å².